The third-order valence-corrected chi connectivity index (χ3v) is 5.64. The molecule has 1 N–H and O–H groups in total. The first-order chi connectivity index (χ1) is 10.3. The number of nitrogens with one attached hydrogen (secondary N) is 1. The molecule has 1 unspecified atom stereocenters. The molecule has 0 aliphatic heterocycles. The summed E-state index contributed by atoms with van der Waals surface area (Å²) < 4.78 is 1.13. The summed E-state index contributed by atoms with van der Waals surface area (Å²) in [4.78, 5) is 6.38. The maximum Gasteiger partial charge on any atom is 0.0975 e. The highest BCUT2D eigenvalue weighted by Crippen LogP contribution is 2.35. The van der Waals surface area contributed by atoms with Crippen molar-refractivity contribution < 1.29 is 0 Å². The highest BCUT2D eigenvalue weighted by molar-refractivity contribution is 9.10. The predicted octanol–water partition coefficient (Wildman–Crippen LogP) is 4.87. The topological polar surface area (TPSA) is 24.9 Å². The minimum absolute atomic E-state index is 0.532. The van der Waals surface area contributed by atoms with Gasteiger partial charge in [-0.1, -0.05) is 35.0 Å². The van der Waals surface area contributed by atoms with Crippen LogP contribution in [0.4, 0.5) is 0 Å². The van der Waals surface area contributed by atoms with E-state index in [4.69, 9.17) is 4.98 Å². The molecule has 0 saturated heterocycles. The van der Waals surface area contributed by atoms with E-state index >= 15 is 0 Å². The Bertz CT molecular complexity index is 591. The standard InChI is InChI=1S/C17H21BrN2S/c1-2-10-19-14-4-3-5-15-17(14)21-16(20-15)11-12-6-8-13(18)9-7-12/h6-9,14,19H,2-5,10-11H2,1H3. The van der Waals surface area contributed by atoms with Gasteiger partial charge in [0, 0.05) is 21.8 Å². The van der Waals surface area contributed by atoms with Gasteiger partial charge in [-0.05, 0) is 49.9 Å². The highest BCUT2D eigenvalue weighted by atomic mass is 79.9. The Labute approximate surface area is 139 Å². The van der Waals surface area contributed by atoms with E-state index in [0.29, 0.717) is 6.04 Å². The van der Waals surface area contributed by atoms with E-state index in [9.17, 15) is 0 Å². The van der Waals surface area contributed by atoms with Crippen LogP contribution in [0.15, 0.2) is 28.7 Å². The maximum atomic E-state index is 4.89. The van der Waals surface area contributed by atoms with Crippen molar-refractivity contribution >= 4 is 27.3 Å². The summed E-state index contributed by atoms with van der Waals surface area (Å²) in [6, 6.07) is 9.10. The second-order valence-corrected chi connectivity index (χ2v) is 7.65. The fourth-order valence-corrected chi connectivity index (χ4v) is 4.36. The first kappa shape index (κ1) is 15.2. The monoisotopic (exact) mass is 364 g/mol. The summed E-state index contributed by atoms with van der Waals surface area (Å²) in [6.07, 6.45) is 5.81. The van der Waals surface area contributed by atoms with Gasteiger partial charge in [-0.25, -0.2) is 4.98 Å². The average Bonchev–Trinajstić information content (AvgIpc) is 2.90. The summed E-state index contributed by atoms with van der Waals surface area (Å²) in [5.41, 5.74) is 2.68. The van der Waals surface area contributed by atoms with Crippen LogP contribution in [0, 0.1) is 0 Å². The zero-order valence-corrected chi connectivity index (χ0v) is 14.8. The van der Waals surface area contributed by atoms with E-state index < -0.39 is 0 Å². The van der Waals surface area contributed by atoms with Crippen LogP contribution in [0.3, 0.4) is 0 Å². The van der Waals surface area contributed by atoms with Crippen molar-refractivity contribution in [3.63, 3.8) is 0 Å². The van der Waals surface area contributed by atoms with Crippen LogP contribution in [0.1, 0.15) is 53.4 Å². The number of aryl methyl sites for hydroxylation is 1. The molecule has 112 valence electrons. The lowest BCUT2D eigenvalue weighted by Gasteiger charge is -2.22. The Morgan fingerprint density at radius 3 is 2.90 bits per heavy atom. The number of fused-ring (bicyclic) bond motifs is 1. The fraction of sp³-hybridized carbons (Fsp3) is 0.471. The van der Waals surface area contributed by atoms with Crippen molar-refractivity contribution in [3.05, 3.63) is 49.9 Å². The van der Waals surface area contributed by atoms with Crippen molar-refractivity contribution in [3.8, 4) is 0 Å². The molecule has 0 saturated carbocycles. The van der Waals surface area contributed by atoms with E-state index in [-0.39, 0.29) is 0 Å². The van der Waals surface area contributed by atoms with Gasteiger partial charge in [0.05, 0.1) is 10.7 Å². The number of benzene rings is 1. The van der Waals surface area contributed by atoms with Crippen LogP contribution in [0.5, 0.6) is 0 Å². The van der Waals surface area contributed by atoms with Gasteiger partial charge in [-0.2, -0.15) is 0 Å². The van der Waals surface area contributed by atoms with Gasteiger partial charge < -0.3 is 5.32 Å². The van der Waals surface area contributed by atoms with Gasteiger partial charge in [0.2, 0.25) is 0 Å². The zero-order chi connectivity index (χ0) is 14.7. The van der Waals surface area contributed by atoms with Crippen molar-refractivity contribution in [2.45, 2.75) is 45.1 Å². The summed E-state index contributed by atoms with van der Waals surface area (Å²) in [7, 11) is 0. The SMILES string of the molecule is CCCNC1CCCc2nc(Cc3ccc(Br)cc3)sc21. The van der Waals surface area contributed by atoms with Gasteiger partial charge >= 0.3 is 0 Å². The predicted molar refractivity (Wildman–Crippen MR) is 93.0 cm³/mol. The second-order valence-electron chi connectivity index (χ2n) is 5.62. The number of rotatable bonds is 5. The van der Waals surface area contributed by atoms with Crippen molar-refractivity contribution in [2.24, 2.45) is 0 Å². The third kappa shape index (κ3) is 3.74. The van der Waals surface area contributed by atoms with Crippen LogP contribution in [-0.2, 0) is 12.8 Å². The summed E-state index contributed by atoms with van der Waals surface area (Å²) in [5.74, 6) is 0. The molecule has 1 heterocycles. The van der Waals surface area contributed by atoms with Crippen molar-refractivity contribution in [2.75, 3.05) is 6.54 Å². The first-order valence-corrected chi connectivity index (χ1v) is 9.33. The van der Waals surface area contributed by atoms with Crippen molar-refractivity contribution in [1.82, 2.24) is 10.3 Å². The number of aromatic nitrogens is 1. The van der Waals surface area contributed by atoms with Gasteiger partial charge in [0.25, 0.3) is 0 Å². The minimum atomic E-state index is 0.532. The Balaban J connectivity index is 1.76. The van der Waals surface area contributed by atoms with Gasteiger partial charge in [0.15, 0.2) is 0 Å². The third-order valence-electron chi connectivity index (χ3n) is 3.90. The lowest BCUT2D eigenvalue weighted by atomic mass is 9.98. The lowest BCUT2D eigenvalue weighted by Crippen LogP contribution is -2.24. The lowest BCUT2D eigenvalue weighted by molar-refractivity contribution is 0.464. The van der Waals surface area contributed by atoms with Crippen LogP contribution < -0.4 is 5.32 Å². The number of nitrogens with zero attached hydrogens (tertiary/aromatic N) is 1. The molecule has 0 bridgehead atoms. The summed E-state index contributed by atoms with van der Waals surface area (Å²) >= 11 is 5.40. The number of hydrogen-bond donors (Lipinski definition) is 1. The molecule has 1 aliphatic carbocycles. The molecule has 1 aliphatic rings. The molecule has 0 radical (unpaired) electrons. The molecular formula is C17H21BrN2S. The Hall–Kier alpha value is -0.710. The number of thiazole rings is 1. The Morgan fingerprint density at radius 1 is 1.33 bits per heavy atom. The summed E-state index contributed by atoms with van der Waals surface area (Å²) in [5, 5.41) is 4.93. The second kappa shape index (κ2) is 7.03. The molecule has 1 aromatic heterocycles. The summed E-state index contributed by atoms with van der Waals surface area (Å²) in [6.45, 7) is 3.33. The van der Waals surface area contributed by atoms with E-state index in [1.807, 2.05) is 11.3 Å². The molecule has 1 atom stereocenters. The fourth-order valence-electron chi connectivity index (χ4n) is 2.84. The molecule has 3 rings (SSSR count). The Morgan fingerprint density at radius 2 is 2.14 bits per heavy atom. The molecule has 0 amide bonds. The molecule has 0 spiro atoms. The van der Waals surface area contributed by atoms with E-state index in [1.165, 1.54) is 40.4 Å². The Kier molecular flexibility index (Phi) is 5.09. The molecule has 0 fully saturated rings. The van der Waals surface area contributed by atoms with Gasteiger partial charge in [-0.3, -0.25) is 0 Å². The normalized spacial score (nSPS) is 17.7. The molecular weight excluding hydrogens is 344 g/mol. The van der Waals surface area contributed by atoms with Gasteiger partial charge in [-0.15, -0.1) is 11.3 Å². The molecule has 4 heteroatoms. The quantitative estimate of drug-likeness (QED) is 0.817. The first-order valence-electron chi connectivity index (χ1n) is 7.72. The zero-order valence-electron chi connectivity index (χ0n) is 12.4. The smallest absolute Gasteiger partial charge is 0.0975 e. The van der Waals surface area contributed by atoms with E-state index in [2.05, 4.69) is 52.4 Å². The average molecular weight is 365 g/mol. The van der Waals surface area contributed by atoms with E-state index in [0.717, 1.165) is 23.9 Å². The van der Waals surface area contributed by atoms with Crippen LogP contribution in [-0.4, -0.2) is 11.5 Å². The van der Waals surface area contributed by atoms with Crippen LogP contribution in [0.2, 0.25) is 0 Å². The molecule has 2 nitrogen and oxygen atoms in total. The van der Waals surface area contributed by atoms with E-state index in [1.54, 1.807) is 0 Å². The largest absolute Gasteiger partial charge is 0.309 e. The maximum absolute atomic E-state index is 4.89. The number of hydrogen-bond acceptors (Lipinski definition) is 3. The number of halogens is 1. The van der Waals surface area contributed by atoms with Crippen molar-refractivity contribution in [1.29, 1.82) is 0 Å². The molecule has 2 aromatic rings. The van der Waals surface area contributed by atoms with Crippen LogP contribution >= 0.6 is 27.3 Å². The molecule has 1 aromatic carbocycles. The highest BCUT2D eigenvalue weighted by Gasteiger charge is 2.23. The molecule has 21 heavy (non-hydrogen) atoms. The van der Waals surface area contributed by atoms with Gasteiger partial charge in [0.1, 0.15) is 0 Å². The minimum Gasteiger partial charge on any atom is -0.309 e. The van der Waals surface area contributed by atoms with Crippen LogP contribution in [0.25, 0.3) is 0 Å².